The van der Waals surface area contributed by atoms with E-state index in [-0.39, 0.29) is 23.0 Å². The van der Waals surface area contributed by atoms with E-state index in [4.69, 9.17) is 14.4 Å². The molecule has 5 nitrogen and oxygen atoms in total. The van der Waals surface area contributed by atoms with Crippen LogP contribution in [-0.4, -0.2) is 17.3 Å². The van der Waals surface area contributed by atoms with Crippen molar-refractivity contribution >= 4 is 11.0 Å². The summed E-state index contributed by atoms with van der Waals surface area (Å²) in [6.07, 6.45) is 0. The molecule has 0 saturated heterocycles. The number of phenols is 2. The molecule has 0 spiro atoms. The molecule has 1 aromatic heterocycles. The highest BCUT2D eigenvalue weighted by atomic mass is 16.6. The zero-order chi connectivity index (χ0) is 11.0. The molecule has 0 fully saturated rings. The van der Waals surface area contributed by atoms with Crippen molar-refractivity contribution in [1.82, 2.24) is 0 Å². The van der Waals surface area contributed by atoms with Gasteiger partial charge in [-0.15, -0.1) is 0 Å². The second-order valence-electron chi connectivity index (χ2n) is 2.92. The largest absolute Gasteiger partial charge is 0.504 e. The van der Waals surface area contributed by atoms with Crippen LogP contribution in [0.5, 0.6) is 17.4 Å². The van der Waals surface area contributed by atoms with E-state index >= 15 is 0 Å². The molecule has 0 bridgehead atoms. The van der Waals surface area contributed by atoms with Gasteiger partial charge in [0.15, 0.2) is 11.5 Å². The quantitative estimate of drug-likeness (QED) is 0.692. The number of methoxy groups -OCH3 is 1. The highest BCUT2D eigenvalue weighted by molar-refractivity contribution is 5.88. The van der Waals surface area contributed by atoms with Crippen LogP contribution in [-0.2, 0) is 0 Å². The minimum absolute atomic E-state index is 0.0671. The molecule has 1 aromatic carbocycles. The number of benzene rings is 1. The van der Waals surface area contributed by atoms with Crippen molar-refractivity contribution in [1.29, 1.82) is 5.26 Å². The van der Waals surface area contributed by atoms with E-state index in [9.17, 15) is 10.2 Å². The first-order valence-corrected chi connectivity index (χ1v) is 4.10. The van der Waals surface area contributed by atoms with Crippen molar-refractivity contribution in [2.75, 3.05) is 7.11 Å². The van der Waals surface area contributed by atoms with Crippen LogP contribution in [0.25, 0.3) is 11.0 Å². The standard InChI is InChI=1S/C10H7NO4/c1-14-10-6(4-11)5-2-7(12)8(13)3-9(5)15-10/h2-3,12-13H,1H3. The van der Waals surface area contributed by atoms with Crippen LogP contribution in [0.3, 0.4) is 0 Å². The van der Waals surface area contributed by atoms with E-state index in [2.05, 4.69) is 0 Å². The van der Waals surface area contributed by atoms with Crippen LogP contribution in [0.15, 0.2) is 16.5 Å². The van der Waals surface area contributed by atoms with Gasteiger partial charge < -0.3 is 19.4 Å². The molecule has 0 amide bonds. The van der Waals surface area contributed by atoms with Gasteiger partial charge in [0, 0.05) is 11.5 Å². The number of rotatable bonds is 1. The van der Waals surface area contributed by atoms with Gasteiger partial charge in [-0.05, 0) is 6.07 Å². The van der Waals surface area contributed by atoms with Crippen LogP contribution in [0.2, 0.25) is 0 Å². The maximum absolute atomic E-state index is 9.28. The van der Waals surface area contributed by atoms with Crippen molar-refractivity contribution in [3.8, 4) is 23.5 Å². The van der Waals surface area contributed by atoms with Gasteiger partial charge in [0.25, 0.3) is 0 Å². The van der Waals surface area contributed by atoms with Crippen LogP contribution < -0.4 is 4.74 Å². The predicted octanol–water partition coefficient (Wildman–Crippen LogP) is 1.72. The van der Waals surface area contributed by atoms with Gasteiger partial charge in [-0.1, -0.05) is 0 Å². The van der Waals surface area contributed by atoms with Gasteiger partial charge in [0.1, 0.15) is 17.2 Å². The van der Waals surface area contributed by atoms with E-state index in [0.29, 0.717) is 11.0 Å². The van der Waals surface area contributed by atoms with Crippen molar-refractivity contribution in [2.45, 2.75) is 0 Å². The Kier molecular flexibility index (Phi) is 1.90. The van der Waals surface area contributed by atoms with Crippen molar-refractivity contribution in [3.63, 3.8) is 0 Å². The summed E-state index contributed by atoms with van der Waals surface area (Å²) in [5.41, 5.74) is 0.488. The Labute approximate surface area is 84.7 Å². The first-order chi connectivity index (χ1) is 7.17. The van der Waals surface area contributed by atoms with E-state index in [0.717, 1.165) is 0 Å². The molecule has 0 saturated carbocycles. The number of fused-ring (bicyclic) bond motifs is 1. The smallest absolute Gasteiger partial charge is 0.303 e. The Bertz CT molecular complexity index is 565. The second kappa shape index (κ2) is 3.10. The highest BCUT2D eigenvalue weighted by Gasteiger charge is 2.16. The van der Waals surface area contributed by atoms with Gasteiger partial charge in [-0.2, -0.15) is 5.26 Å². The Balaban J connectivity index is 2.85. The van der Waals surface area contributed by atoms with E-state index < -0.39 is 0 Å². The van der Waals surface area contributed by atoms with Crippen LogP contribution in [0, 0.1) is 11.3 Å². The van der Waals surface area contributed by atoms with Gasteiger partial charge in [-0.3, -0.25) is 0 Å². The Morgan fingerprint density at radius 1 is 1.33 bits per heavy atom. The molecule has 0 radical (unpaired) electrons. The molecule has 0 unspecified atom stereocenters. The number of furan rings is 1. The Hall–Kier alpha value is -2.35. The molecule has 5 heteroatoms. The van der Waals surface area contributed by atoms with Crippen LogP contribution in [0.1, 0.15) is 5.56 Å². The van der Waals surface area contributed by atoms with Crippen molar-refractivity contribution in [2.24, 2.45) is 0 Å². The van der Waals surface area contributed by atoms with E-state index in [1.54, 1.807) is 0 Å². The van der Waals surface area contributed by atoms with Gasteiger partial charge in [-0.25, -0.2) is 0 Å². The second-order valence-corrected chi connectivity index (χ2v) is 2.92. The summed E-state index contributed by atoms with van der Waals surface area (Å²) in [6, 6.07) is 4.39. The zero-order valence-electron chi connectivity index (χ0n) is 7.81. The first-order valence-electron chi connectivity index (χ1n) is 4.10. The average molecular weight is 205 g/mol. The van der Waals surface area contributed by atoms with Crippen molar-refractivity contribution in [3.05, 3.63) is 17.7 Å². The summed E-state index contributed by atoms with van der Waals surface area (Å²) in [4.78, 5) is 0. The molecule has 15 heavy (non-hydrogen) atoms. The fourth-order valence-corrected chi connectivity index (χ4v) is 1.35. The third-order valence-corrected chi connectivity index (χ3v) is 2.05. The zero-order valence-corrected chi connectivity index (χ0v) is 7.81. The number of nitrogens with zero attached hydrogens (tertiary/aromatic N) is 1. The summed E-state index contributed by atoms with van der Waals surface area (Å²) < 4.78 is 10.0. The molecule has 0 aliphatic rings. The highest BCUT2D eigenvalue weighted by Crippen LogP contribution is 2.37. The number of phenolic OH excluding ortho intramolecular Hbond substituents is 2. The molecule has 0 aliphatic heterocycles. The predicted molar refractivity (Wildman–Crippen MR) is 50.8 cm³/mol. The number of hydrogen-bond acceptors (Lipinski definition) is 5. The minimum atomic E-state index is -0.303. The maximum Gasteiger partial charge on any atom is 0.303 e. The summed E-state index contributed by atoms with van der Waals surface area (Å²) in [7, 11) is 1.37. The van der Waals surface area contributed by atoms with Gasteiger partial charge in [0.2, 0.25) is 0 Å². The molecule has 2 N–H and O–H groups in total. The maximum atomic E-state index is 9.28. The molecular formula is C10H7NO4. The summed E-state index contributed by atoms with van der Waals surface area (Å²) in [5.74, 6) is -0.539. The lowest BCUT2D eigenvalue weighted by Gasteiger charge is -1.95. The first kappa shape index (κ1) is 9.21. The number of hydrogen-bond donors (Lipinski definition) is 2. The molecule has 0 aliphatic carbocycles. The fraction of sp³-hybridized carbons (Fsp3) is 0.100. The van der Waals surface area contributed by atoms with Crippen LogP contribution >= 0.6 is 0 Å². The molecule has 1 heterocycles. The molecule has 2 aromatic rings. The number of ether oxygens (including phenoxy) is 1. The normalized spacial score (nSPS) is 10.1. The molecule has 76 valence electrons. The summed E-state index contributed by atoms with van der Waals surface area (Å²) in [6.45, 7) is 0. The van der Waals surface area contributed by atoms with Gasteiger partial charge in [0.05, 0.1) is 7.11 Å². The third kappa shape index (κ3) is 1.23. The van der Waals surface area contributed by atoms with E-state index in [1.807, 2.05) is 6.07 Å². The topological polar surface area (TPSA) is 86.6 Å². The SMILES string of the molecule is COc1oc2cc(O)c(O)cc2c1C#N. The molecule has 2 rings (SSSR count). The summed E-state index contributed by atoms with van der Waals surface area (Å²) in [5, 5.41) is 27.8. The monoisotopic (exact) mass is 205 g/mol. The average Bonchev–Trinajstić information content (AvgIpc) is 2.56. The summed E-state index contributed by atoms with van der Waals surface area (Å²) >= 11 is 0. The van der Waals surface area contributed by atoms with Gasteiger partial charge >= 0.3 is 5.95 Å². The lowest BCUT2D eigenvalue weighted by atomic mass is 10.1. The molecular weight excluding hydrogens is 198 g/mol. The van der Waals surface area contributed by atoms with Crippen molar-refractivity contribution < 1.29 is 19.4 Å². The minimum Gasteiger partial charge on any atom is -0.504 e. The Morgan fingerprint density at radius 3 is 2.60 bits per heavy atom. The lowest BCUT2D eigenvalue weighted by molar-refractivity contribution is 0.314. The lowest BCUT2D eigenvalue weighted by Crippen LogP contribution is -1.81. The van der Waals surface area contributed by atoms with E-state index in [1.165, 1.54) is 19.2 Å². The number of nitriles is 1. The third-order valence-electron chi connectivity index (χ3n) is 2.05. The Morgan fingerprint density at radius 2 is 2.00 bits per heavy atom. The van der Waals surface area contributed by atoms with Crippen LogP contribution in [0.4, 0.5) is 0 Å². The molecule has 0 atom stereocenters. The number of aromatic hydroxyl groups is 2. The fourth-order valence-electron chi connectivity index (χ4n) is 1.35.